The number of methoxy groups -OCH3 is 1. The molecule has 1 amide bonds. The van der Waals surface area contributed by atoms with Gasteiger partial charge in [0.25, 0.3) is 11.1 Å². The molecule has 0 aliphatic rings. The number of carbonyl (C=O) groups excluding carboxylic acids is 1. The highest BCUT2D eigenvalue weighted by Crippen LogP contribution is 2.28. The number of nitrogens with zero attached hydrogens (tertiary/aromatic N) is 2. The van der Waals surface area contributed by atoms with E-state index in [1.807, 2.05) is 66.7 Å². The zero-order valence-electron chi connectivity index (χ0n) is 17.4. The van der Waals surface area contributed by atoms with Gasteiger partial charge in [0.2, 0.25) is 0 Å². The van der Waals surface area contributed by atoms with E-state index in [-0.39, 0.29) is 11.7 Å². The number of para-hydroxylation sites is 2. The van der Waals surface area contributed by atoms with Crippen molar-refractivity contribution < 1.29 is 18.7 Å². The van der Waals surface area contributed by atoms with Crippen molar-refractivity contribution in [3.05, 3.63) is 83.9 Å². The maximum atomic E-state index is 12.1. The van der Waals surface area contributed by atoms with Crippen LogP contribution in [-0.2, 0) is 11.4 Å². The lowest BCUT2D eigenvalue weighted by atomic mass is 10.2. The van der Waals surface area contributed by atoms with Gasteiger partial charge in [0.1, 0.15) is 12.1 Å². The predicted molar refractivity (Wildman–Crippen MR) is 124 cm³/mol. The van der Waals surface area contributed by atoms with Crippen molar-refractivity contribution in [2.75, 3.05) is 12.9 Å². The van der Waals surface area contributed by atoms with Crippen molar-refractivity contribution in [2.45, 2.75) is 11.8 Å². The Kier molecular flexibility index (Phi) is 7.04. The van der Waals surface area contributed by atoms with Crippen LogP contribution in [0.2, 0.25) is 0 Å². The van der Waals surface area contributed by atoms with E-state index in [1.165, 1.54) is 11.8 Å². The number of hydrogen-bond acceptors (Lipinski definition) is 7. The normalized spacial score (nSPS) is 11.0. The van der Waals surface area contributed by atoms with E-state index < -0.39 is 0 Å². The third-order valence-corrected chi connectivity index (χ3v) is 5.26. The fourth-order valence-corrected chi connectivity index (χ4v) is 3.50. The summed E-state index contributed by atoms with van der Waals surface area (Å²) in [6.07, 6.45) is 1.55. The Morgan fingerprint density at radius 1 is 1.09 bits per heavy atom. The Morgan fingerprint density at radius 2 is 1.91 bits per heavy atom. The van der Waals surface area contributed by atoms with Gasteiger partial charge < -0.3 is 13.9 Å². The molecule has 32 heavy (non-hydrogen) atoms. The average molecular weight is 448 g/mol. The lowest BCUT2D eigenvalue weighted by Crippen LogP contribution is -2.19. The highest BCUT2D eigenvalue weighted by atomic mass is 32.2. The molecule has 0 aliphatic heterocycles. The highest BCUT2D eigenvalue weighted by molar-refractivity contribution is 7.99. The van der Waals surface area contributed by atoms with Gasteiger partial charge in [0, 0.05) is 0 Å². The molecule has 0 fully saturated rings. The molecule has 0 atom stereocenters. The molecule has 1 N–H and O–H groups in total. The minimum Gasteiger partial charge on any atom is -0.493 e. The van der Waals surface area contributed by atoms with E-state index in [2.05, 4.69) is 15.5 Å². The fourth-order valence-electron chi connectivity index (χ4n) is 2.87. The summed E-state index contributed by atoms with van der Waals surface area (Å²) in [7, 11) is 1.58. The molecule has 7 nitrogen and oxygen atoms in total. The van der Waals surface area contributed by atoms with Gasteiger partial charge in [-0.05, 0) is 41.5 Å². The number of oxazole rings is 1. The minimum absolute atomic E-state index is 0.139. The second-order valence-corrected chi connectivity index (χ2v) is 7.64. The van der Waals surface area contributed by atoms with Crippen LogP contribution in [0.1, 0.15) is 11.1 Å². The van der Waals surface area contributed by atoms with Gasteiger partial charge in [-0.15, -0.1) is 0 Å². The average Bonchev–Trinajstić information content (AvgIpc) is 3.25. The van der Waals surface area contributed by atoms with E-state index in [0.29, 0.717) is 28.9 Å². The molecule has 4 aromatic rings. The lowest BCUT2D eigenvalue weighted by Gasteiger charge is -2.11. The molecule has 1 aromatic heterocycles. The van der Waals surface area contributed by atoms with Crippen LogP contribution in [0.5, 0.6) is 11.5 Å². The molecule has 0 unspecified atom stereocenters. The van der Waals surface area contributed by atoms with Crippen molar-refractivity contribution >= 4 is 35.0 Å². The minimum atomic E-state index is -0.261. The van der Waals surface area contributed by atoms with Gasteiger partial charge in [-0.2, -0.15) is 5.10 Å². The Morgan fingerprint density at radius 3 is 2.72 bits per heavy atom. The number of aromatic nitrogens is 1. The number of rotatable bonds is 9. The maximum Gasteiger partial charge on any atom is 0.257 e. The van der Waals surface area contributed by atoms with E-state index in [1.54, 1.807) is 19.4 Å². The molecule has 0 bridgehead atoms. The van der Waals surface area contributed by atoms with Crippen LogP contribution < -0.4 is 14.9 Å². The summed E-state index contributed by atoms with van der Waals surface area (Å²) < 4.78 is 16.9. The molecule has 1 heterocycles. The molecular weight excluding hydrogens is 426 g/mol. The Labute approximate surface area is 189 Å². The topological polar surface area (TPSA) is 86.0 Å². The Bertz CT molecular complexity index is 1190. The molecular formula is C24H21N3O4S. The summed E-state index contributed by atoms with van der Waals surface area (Å²) in [6, 6.07) is 22.8. The summed E-state index contributed by atoms with van der Waals surface area (Å²) in [6.45, 7) is 0.443. The third-order valence-electron chi connectivity index (χ3n) is 4.43. The number of fused-ring (bicyclic) bond motifs is 1. The smallest absolute Gasteiger partial charge is 0.257 e. The lowest BCUT2D eigenvalue weighted by molar-refractivity contribution is -0.118. The number of amides is 1. The summed E-state index contributed by atoms with van der Waals surface area (Å²) in [4.78, 5) is 16.4. The maximum absolute atomic E-state index is 12.1. The molecule has 0 radical (unpaired) electrons. The summed E-state index contributed by atoms with van der Waals surface area (Å²) >= 11 is 1.21. The van der Waals surface area contributed by atoms with Crippen LogP contribution in [0.4, 0.5) is 0 Å². The van der Waals surface area contributed by atoms with Crippen LogP contribution in [0.25, 0.3) is 11.1 Å². The van der Waals surface area contributed by atoms with Gasteiger partial charge in [-0.1, -0.05) is 54.2 Å². The van der Waals surface area contributed by atoms with Gasteiger partial charge in [-0.3, -0.25) is 4.79 Å². The van der Waals surface area contributed by atoms with Gasteiger partial charge in [0.15, 0.2) is 17.1 Å². The number of hydrazone groups is 1. The molecule has 162 valence electrons. The van der Waals surface area contributed by atoms with Crippen molar-refractivity contribution in [3.63, 3.8) is 0 Å². The SMILES string of the molecule is COc1cc(/C=N/NC(=O)CSc2nc3ccccc3o2)ccc1OCc1ccccc1. The van der Waals surface area contributed by atoms with Crippen molar-refractivity contribution in [1.82, 2.24) is 10.4 Å². The number of ether oxygens (including phenoxy) is 2. The molecule has 0 spiro atoms. The molecule has 0 saturated carbocycles. The van der Waals surface area contributed by atoms with Crippen molar-refractivity contribution in [3.8, 4) is 11.5 Å². The summed E-state index contributed by atoms with van der Waals surface area (Å²) in [5, 5.41) is 4.46. The van der Waals surface area contributed by atoms with E-state index in [0.717, 1.165) is 16.6 Å². The molecule has 3 aromatic carbocycles. The second kappa shape index (κ2) is 10.5. The number of thioether (sulfide) groups is 1. The Hall–Kier alpha value is -3.78. The molecule has 0 aliphatic carbocycles. The van der Waals surface area contributed by atoms with Crippen molar-refractivity contribution in [1.29, 1.82) is 0 Å². The monoisotopic (exact) mass is 447 g/mol. The first-order valence-corrected chi connectivity index (χ1v) is 10.8. The molecule has 0 saturated heterocycles. The zero-order chi connectivity index (χ0) is 22.2. The van der Waals surface area contributed by atoms with Crippen LogP contribution >= 0.6 is 11.8 Å². The van der Waals surface area contributed by atoms with Gasteiger partial charge >= 0.3 is 0 Å². The fraction of sp³-hybridized carbons (Fsp3) is 0.125. The number of nitrogens with one attached hydrogen (secondary N) is 1. The second-order valence-electron chi connectivity index (χ2n) is 6.71. The van der Waals surface area contributed by atoms with Gasteiger partial charge in [0.05, 0.1) is 19.1 Å². The highest BCUT2D eigenvalue weighted by Gasteiger charge is 2.09. The van der Waals surface area contributed by atoms with Crippen LogP contribution in [0.15, 0.2) is 87.5 Å². The zero-order valence-corrected chi connectivity index (χ0v) is 18.2. The predicted octanol–water partition coefficient (Wildman–Crippen LogP) is 4.66. The van der Waals surface area contributed by atoms with E-state index in [9.17, 15) is 4.79 Å². The molecule has 4 rings (SSSR count). The van der Waals surface area contributed by atoms with Gasteiger partial charge in [-0.25, -0.2) is 10.4 Å². The molecule has 8 heteroatoms. The van der Waals surface area contributed by atoms with Crippen LogP contribution in [0, 0.1) is 0 Å². The largest absolute Gasteiger partial charge is 0.493 e. The summed E-state index contributed by atoms with van der Waals surface area (Å²) in [5.41, 5.74) is 5.79. The quantitative estimate of drug-likeness (QED) is 0.228. The standard InChI is InChI=1S/C24H21N3O4S/c1-29-22-13-18(11-12-21(22)30-15-17-7-3-2-4-8-17)14-25-27-23(28)16-32-24-26-19-9-5-6-10-20(19)31-24/h2-14H,15-16H2,1H3,(H,27,28)/b25-14+. The van der Waals surface area contributed by atoms with E-state index in [4.69, 9.17) is 13.9 Å². The summed E-state index contributed by atoms with van der Waals surface area (Å²) in [5.74, 6) is 1.10. The Balaban J connectivity index is 1.28. The van der Waals surface area contributed by atoms with E-state index >= 15 is 0 Å². The van der Waals surface area contributed by atoms with Crippen LogP contribution in [0.3, 0.4) is 0 Å². The third kappa shape index (κ3) is 5.67. The first-order valence-electron chi connectivity index (χ1n) is 9.86. The number of hydrogen-bond donors (Lipinski definition) is 1. The number of carbonyl (C=O) groups is 1. The van der Waals surface area contributed by atoms with Crippen LogP contribution in [-0.4, -0.2) is 30.0 Å². The van der Waals surface area contributed by atoms with Crippen molar-refractivity contribution in [2.24, 2.45) is 5.10 Å². The number of benzene rings is 3. The first-order chi connectivity index (χ1) is 15.7. The first kappa shape index (κ1) is 21.5.